The van der Waals surface area contributed by atoms with E-state index in [0.29, 0.717) is 25.2 Å². The van der Waals surface area contributed by atoms with Crippen molar-refractivity contribution in [3.05, 3.63) is 108 Å². The van der Waals surface area contributed by atoms with Crippen LogP contribution in [0.15, 0.2) is 79.5 Å². The van der Waals surface area contributed by atoms with E-state index in [0.717, 1.165) is 30.5 Å². The lowest BCUT2D eigenvalue weighted by Crippen LogP contribution is -2.31. The van der Waals surface area contributed by atoms with Crippen LogP contribution >= 0.6 is 0 Å². The van der Waals surface area contributed by atoms with Crippen LogP contribution in [0.5, 0.6) is 0 Å². The maximum Gasteiger partial charge on any atom is 0.254 e. The third-order valence-electron chi connectivity index (χ3n) is 5.20. The zero-order chi connectivity index (χ0) is 21.3. The Bertz CT molecular complexity index is 957. The van der Waals surface area contributed by atoms with E-state index < -0.39 is 0 Å². The molecular formula is C26H29FN2O. The Morgan fingerprint density at radius 2 is 1.77 bits per heavy atom. The maximum absolute atomic E-state index is 13.2. The van der Waals surface area contributed by atoms with Crippen LogP contribution in [0.3, 0.4) is 0 Å². The van der Waals surface area contributed by atoms with E-state index in [2.05, 4.69) is 18.1 Å². The molecule has 0 bridgehead atoms. The van der Waals surface area contributed by atoms with Gasteiger partial charge in [-0.25, -0.2) is 4.39 Å². The summed E-state index contributed by atoms with van der Waals surface area (Å²) in [5.74, 6) is -0.249. The minimum absolute atomic E-state index is 0.00789. The van der Waals surface area contributed by atoms with Gasteiger partial charge in [-0.05, 0) is 60.4 Å². The molecule has 3 nitrogen and oxygen atoms in total. The third kappa shape index (κ3) is 5.69. The van der Waals surface area contributed by atoms with E-state index in [1.165, 1.54) is 17.7 Å². The van der Waals surface area contributed by atoms with Crippen molar-refractivity contribution in [2.45, 2.75) is 39.3 Å². The fourth-order valence-electron chi connectivity index (χ4n) is 3.48. The summed E-state index contributed by atoms with van der Waals surface area (Å²) >= 11 is 0. The minimum Gasteiger partial charge on any atom is -0.345 e. The van der Waals surface area contributed by atoms with Crippen LogP contribution in [0.2, 0.25) is 0 Å². The molecule has 4 heteroatoms. The summed E-state index contributed by atoms with van der Waals surface area (Å²) in [4.78, 5) is 14.9. The number of rotatable bonds is 10. The highest BCUT2D eigenvalue weighted by Crippen LogP contribution is 2.15. The first-order valence-corrected chi connectivity index (χ1v) is 10.5. The number of aromatic nitrogens is 1. The van der Waals surface area contributed by atoms with Crippen molar-refractivity contribution in [3.8, 4) is 0 Å². The summed E-state index contributed by atoms with van der Waals surface area (Å²) in [5, 5.41) is 0. The Morgan fingerprint density at radius 3 is 2.43 bits per heavy atom. The molecule has 0 aliphatic rings. The normalized spacial score (nSPS) is 10.7. The number of hydrogen-bond acceptors (Lipinski definition) is 1. The maximum atomic E-state index is 13.2. The summed E-state index contributed by atoms with van der Waals surface area (Å²) in [5.41, 5.74) is 3.98. The molecule has 1 aromatic heterocycles. The van der Waals surface area contributed by atoms with E-state index in [1.54, 1.807) is 23.1 Å². The lowest BCUT2D eigenvalue weighted by Gasteiger charge is -2.22. The number of carbonyl (C=O) groups excluding carboxylic acids is 1. The Kier molecular flexibility index (Phi) is 7.61. The summed E-state index contributed by atoms with van der Waals surface area (Å²) in [6.45, 7) is 7.58. The molecule has 0 N–H and O–H groups in total. The number of unbranched alkanes of at least 4 members (excludes halogenated alkanes) is 1. The molecule has 0 aliphatic heterocycles. The van der Waals surface area contributed by atoms with Gasteiger partial charge in [-0.2, -0.15) is 0 Å². The Labute approximate surface area is 178 Å². The number of hydrogen-bond donors (Lipinski definition) is 0. The number of carbonyl (C=O) groups is 1. The Balaban J connectivity index is 1.72. The van der Waals surface area contributed by atoms with Crippen LogP contribution in [0.4, 0.5) is 4.39 Å². The first-order valence-electron chi connectivity index (χ1n) is 10.5. The summed E-state index contributed by atoms with van der Waals surface area (Å²) in [6, 6.07) is 18.4. The SMILES string of the molecule is C=CCN(Cc1cccn1Cc1ccc(F)cc1)C(=O)c1ccc(CCCC)cc1. The van der Waals surface area contributed by atoms with Gasteiger partial charge >= 0.3 is 0 Å². The van der Waals surface area contributed by atoms with Gasteiger partial charge in [-0.15, -0.1) is 6.58 Å². The molecule has 3 aromatic rings. The van der Waals surface area contributed by atoms with Gasteiger partial charge < -0.3 is 9.47 Å². The summed E-state index contributed by atoms with van der Waals surface area (Å²) < 4.78 is 15.3. The van der Waals surface area contributed by atoms with Crippen molar-refractivity contribution in [2.75, 3.05) is 6.54 Å². The highest BCUT2D eigenvalue weighted by Gasteiger charge is 2.16. The van der Waals surface area contributed by atoms with Crippen molar-refractivity contribution in [3.63, 3.8) is 0 Å². The second-order valence-corrected chi connectivity index (χ2v) is 7.53. The quantitative estimate of drug-likeness (QED) is 0.389. The van der Waals surface area contributed by atoms with Crippen molar-refractivity contribution in [1.29, 1.82) is 0 Å². The third-order valence-corrected chi connectivity index (χ3v) is 5.20. The van der Waals surface area contributed by atoms with Crippen molar-refractivity contribution >= 4 is 5.91 Å². The molecule has 0 saturated carbocycles. The molecule has 156 valence electrons. The molecule has 1 amide bonds. The molecule has 0 saturated heterocycles. The van der Waals surface area contributed by atoms with Gasteiger partial charge in [0, 0.05) is 30.5 Å². The second kappa shape index (κ2) is 10.6. The van der Waals surface area contributed by atoms with Gasteiger partial charge in [0.05, 0.1) is 6.54 Å². The van der Waals surface area contributed by atoms with Gasteiger partial charge in [0.25, 0.3) is 5.91 Å². The van der Waals surface area contributed by atoms with Crippen LogP contribution in [0, 0.1) is 5.82 Å². The first-order chi connectivity index (χ1) is 14.6. The van der Waals surface area contributed by atoms with Crippen LogP contribution < -0.4 is 0 Å². The van der Waals surface area contributed by atoms with E-state index in [4.69, 9.17) is 0 Å². The lowest BCUT2D eigenvalue weighted by molar-refractivity contribution is 0.0759. The number of benzene rings is 2. The van der Waals surface area contributed by atoms with Crippen LogP contribution in [0.1, 0.15) is 46.9 Å². The minimum atomic E-state index is -0.241. The van der Waals surface area contributed by atoms with Crippen molar-refractivity contribution < 1.29 is 9.18 Å². The smallest absolute Gasteiger partial charge is 0.254 e. The second-order valence-electron chi connectivity index (χ2n) is 7.53. The van der Waals surface area contributed by atoms with Crippen LogP contribution in [-0.2, 0) is 19.5 Å². The van der Waals surface area contributed by atoms with E-state index in [9.17, 15) is 9.18 Å². The highest BCUT2D eigenvalue weighted by molar-refractivity contribution is 5.94. The average Bonchev–Trinajstić information content (AvgIpc) is 3.20. The molecule has 0 atom stereocenters. The van der Waals surface area contributed by atoms with Crippen LogP contribution in [-0.4, -0.2) is 21.9 Å². The van der Waals surface area contributed by atoms with E-state index >= 15 is 0 Å². The molecule has 30 heavy (non-hydrogen) atoms. The number of halogens is 1. The molecule has 1 heterocycles. The molecule has 0 radical (unpaired) electrons. The molecule has 0 aliphatic carbocycles. The molecule has 2 aromatic carbocycles. The number of aryl methyl sites for hydroxylation is 1. The molecule has 0 spiro atoms. The van der Waals surface area contributed by atoms with Gasteiger partial charge in [0.15, 0.2) is 0 Å². The van der Waals surface area contributed by atoms with E-state index in [1.807, 2.05) is 42.6 Å². The zero-order valence-corrected chi connectivity index (χ0v) is 17.6. The van der Waals surface area contributed by atoms with E-state index in [-0.39, 0.29) is 11.7 Å². The van der Waals surface area contributed by atoms with Crippen molar-refractivity contribution in [2.24, 2.45) is 0 Å². The number of nitrogens with zero attached hydrogens (tertiary/aromatic N) is 2. The Morgan fingerprint density at radius 1 is 1.07 bits per heavy atom. The van der Waals surface area contributed by atoms with Gasteiger partial charge in [-0.1, -0.05) is 43.7 Å². The molecule has 0 fully saturated rings. The molecular weight excluding hydrogens is 375 g/mol. The lowest BCUT2D eigenvalue weighted by atomic mass is 10.1. The fraction of sp³-hybridized carbons (Fsp3) is 0.269. The largest absolute Gasteiger partial charge is 0.345 e. The Hall–Kier alpha value is -3.14. The average molecular weight is 405 g/mol. The van der Waals surface area contributed by atoms with Gasteiger partial charge in [-0.3, -0.25) is 4.79 Å². The zero-order valence-electron chi connectivity index (χ0n) is 17.6. The van der Waals surface area contributed by atoms with Crippen LogP contribution in [0.25, 0.3) is 0 Å². The summed E-state index contributed by atoms with van der Waals surface area (Å²) in [6.07, 6.45) is 7.09. The van der Waals surface area contributed by atoms with Gasteiger partial charge in [0.1, 0.15) is 5.82 Å². The molecule has 3 rings (SSSR count). The van der Waals surface area contributed by atoms with Gasteiger partial charge in [0.2, 0.25) is 0 Å². The summed E-state index contributed by atoms with van der Waals surface area (Å²) in [7, 11) is 0. The predicted molar refractivity (Wildman–Crippen MR) is 120 cm³/mol. The topological polar surface area (TPSA) is 25.2 Å². The fourth-order valence-corrected chi connectivity index (χ4v) is 3.48. The monoisotopic (exact) mass is 404 g/mol. The van der Waals surface area contributed by atoms with Crippen molar-refractivity contribution in [1.82, 2.24) is 9.47 Å². The standard InChI is InChI=1S/C26H29FN2O/c1-3-5-7-21-9-13-23(14-10-21)26(30)29(17-4-2)20-25-8-6-18-28(25)19-22-11-15-24(27)16-12-22/h4,6,8-16,18H,2-3,5,7,17,19-20H2,1H3. The molecule has 0 unspecified atom stereocenters. The first kappa shape index (κ1) is 21.6. The predicted octanol–water partition coefficient (Wildman–Crippen LogP) is 5.85. The highest BCUT2D eigenvalue weighted by atomic mass is 19.1. The number of amides is 1.